The fraction of sp³-hybridized carbons (Fsp3) is 0.375. The molecular weight excluding hydrogens is 152 g/mol. The number of nitrogen functional groups attached to an aromatic ring is 1. The molecule has 4 heteroatoms. The van der Waals surface area contributed by atoms with Gasteiger partial charge in [0.15, 0.2) is 11.5 Å². The van der Waals surface area contributed by atoms with Crippen LogP contribution >= 0.6 is 0 Å². The second kappa shape index (κ2) is 3.18. The number of rotatable bonds is 1. The van der Waals surface area contributed by atoms with E-state index < -0.39 is 0 Å². The Bertz CT molecular complexity index is 324. The highest BCUT2D eigenvalue weighted by Crippen LogP contribution is 2.12. The third-order valence-corrected chi connectivity index (χ3v) is 1.52. The van der Waals surface area contributed by atoms with Gasteiger partial charge in [-0.1, -0.05) is 13.8 Å². The van der Waals surface area contributed by atoms with Crippen molar-refractivity contribution in [3.05, 3.63) is 17.6 Å². The highest BCUT2D eigenvalue weighted by Gasteiger charge is 2.05. The van der Waals surface area contributed by atoms with E-state index in [4.69, 9.17) is 11.0 Å². The standard InChI is InChI=1S/C8H10N4/c1-5(2)7-4-11-6(3-9)8(10)12-7/h4-5H,1-2H3,(H2,10,12). The maximum absolute atomic E-state index is 8.52. The minimum Gasteiger partial charge on any atom is -0.381 e. The summed E-state index contributed by atoms with van der Waals surface area (Å²) in [4.78, 5) is 7.91. The van der Waals surface area contributed by atoms with Gasteiger partial charge in [0.1, 0.15) is 6.07 Å². The molecule has 12 heavy (non-hydrogen) atoms. The molecule has 2 N–H and O–H groups in total. The molecule has 1 rings (SSSR count). The van der Waals surface area contributed by atoms with Crippen LogP contribution in [-0.4, -0.2) is 9.97 Å². The summed E-state index contributed by atoms with van der Waals surface area (Å²) in [7, 11) is 0. The molecule has 62 valence electrons. The third-order valence-electron chi connectivity index (χ3n) is 1.52. The Kier molecular flexibility index (Phi) is 2.24. The van der Waals surface area contributed by atoms with Gasteiger partial charge in [-0.05, 0) is 5.92 Å². The predicted molar refractivity (Wildman–Crippen MR) is 45.2 cm³/mol. The molecule has 0 saturated heterocycles. The number of nitriles is 1. The van der Waals surface area contributed by atoms with Crippen LogP contribution in [0.1, 0.15) is 31.2 Å². The van der Waals surface area contributed by atoms with Crippen molar-refractivity contribution in [1.82, 2.24) is 9.97 Å². The molecule has 0 atom stereocenters. The molecule has 0 bridgehead atoms. The lowest BCUT2D eigenvalue weighted by Crippen LogP contribution is -2.02. The van der Waals surface area contributed by atoms with Gasteiger partial charge in [-0.15, -0.1) is 0 Å². The fourth-order valence-corrected chi connectivity index (χ4v) is 0.782. The Labute approximate surface area is 71.1 Å². The van der Waals surface area contributed by atoms with Gasteiger partial charge < -0.3 is 5.73 Å². The molecule has 1 aromatic rings. The number of hydrogen-bond acceptors (Lipinski definition) is 4. The van der Waals surface area contributed by atoms with Crippen LogP contribution in [0.25, 0.3) is 0 Å². The van der Waals surface area contributed by atoms with Crippen LogP contribution in [0.3, 0.4) is 0 Å². The van der Waals surface area contributed by atoms with Crippen molar-refractivity contribution in [2.24, 2.45) is 0 Å². The van der Waals surface area contributed by atoms with Crippen LogP contribution < -0.4 is 5.73 Å². The van der Waals surface area contributed by atoms with Crippen molar-refractivity contribution in [2.75, 3.05) is 5.73 Å². The summed E-state index contributed by atoms with van der Waals surface area (Å²) in [6.45, 7) is 3.99. The summed E-state index contributed by atoms with van der Waals surface area (Å²) >= 11 is 0. The van der Waals surface area contributed by atoms with Gasteiger partial charge in [0, 0.05) is 0 Å². The highest BCUT2D eigenvalue weighted by atomic mass is 14.9. The first-order valence-corrected chi connectivity index (χ1v) is 3.67. The van der Waals surface area contributed by atoms with Crippen LogP contribution in [0.4, 0.5) is 5.82 Å². The molecule has 0 fully saturated rings. The average molecular weight is 162 g/mol. The molecule has 4 nitrogen and oxygen atoms in total. The smallest absolute Gasteiger partial charge is 0.182 e. The molecule has 0 aliphatic rings. The fourth-order valence-electron chi connectivity index (χ4n) is 0.782. The second-order valence-corrected chi connectivity index (χ2v) is 2.80. The zero-order chi connectivity index (χ0) is 9.14. The Balaban J connectivity index is 3.12. The molecule has 1 heterocycles. The van der Waals surface area contributed by atoms with Gasteiger partial charge in [-0.2, -0.15) is 5.26 Å². The second-order valence-electron chi connectivity index (χ2n) is 2.80. The van der Waals surface area contributed by atoms with Crippen molar-refractivity contribution in [1.29, 1.82) is 5.26 Å². The summed E-state index contributed by atoms with van der Waals surface area (Å²) in [5.74, 6) is 0.497. The first-order chi connectivity index (χ1) is 5.65. The van der Waals surface area contributed by atoms with Gasteiger partial charge >= 0.3 is 0 Å². The molecule has 0 radical (unpaired) electrons. The Morgan fingerprint density at radius 3 is 2.67 bits per heavy atom. The number of hydrogen-bond donors (Lipinski definition) is 1. The van der Waals surface area contributed by atoms with Crippen LogP contribution in [0, 0.1) is 11.3 Å². The van der Waals surface area contributed by atoms with E-state index in [0.29, 0.717) is 0 Å². The van der Waals surface area contributed by atoms with Gasteiger partial charge in [0.05, 0.1) is 11.9 Å². The van der Waals surface area contributed by atoms with E-state index >= 15 is 0 Å². The zero-order valence-electron chi connectivity index (χ0n) is 7.07. The van der Waals surface area contributed by atoms with Gasteiger partial charge in [0.2, 0.25) is 0 Å². The average Bonchev–Trinajstić information content (AvgIpc) is 2.04. The van der Waals surface area contributed by atoms with Gasteiger partial charge in [-0.25, -0.2) is 9.97 Å². The molecule has 0 aliphatic heterocycles. The topological polar surface area (TPSA) is 75.6 Å². The molecular formula is C8H10N4. The summed E-state index contributed by atoms with van der Waals surface area (Å²) in [6, 6.07) is 1.86. The summed E-state index contributed by atoms with van der Waals surface area (Å²) in [5.41, 5.74) is 6.48. The lowest BCUT2D eigenvalue weighted by Gasteiger charge is -2.03. The van der Waals surface area contributed by atoms with E-state index in [1.807, 2.05) is 19.9 Å². The maximum atomic E-state index is 8.52. The van der Waals surface area contributed by atoms with Crippen molar-refractivity contribution < 1.29 is 0 Å². The number of nitrogens with two attached hydrogens (primary N) is 1. The van der Waals surface area contributed by atoms with Crippen LogP contribution in [0.15, 0.2) is 6.20 Å². The number of anilines is 1. The van der Waals surface area contributed by atoms with E-state index in [9.17, 15) is 0 Å². The van der Waals surface area contributed by atoms with E-state index in [1.165, 1.54) is 0 Å². The van der Waals surface area contributed by atoms with E-state index in [1.54, 1.807) is 6.20 Å². The first-order valence-electron chi connectivity index (χ1n) is 3.67. The molecule has 0 spiro atoms. The molecule has 0 aromatic carbocycles. The first kappa shape index (κ1) is 8.47. The van der Waals surface area contributed by atoms with Crippen LogP contribution in [0.5, 0.6) is 0 Å². The van der Waals surface area contributed by atoms with Crippen molar-refractivity contribution >= 4 is 5.82 Å². The van der Waals surface area contributed by atoms with Crippen LogP contribution in [-0.2, 0) is 0 Å². The predicted octanol–water partition coefficient (Wildman–Crippen LogP) is 1.05. The summed E-state index contributed by atoms with van der Waals surface area (Å²) < 4.78 is 0. The normalized spacial score (nSPS) is 9.83. The van der Waals surface area contributed by atoms with E-state index in [0.717, 1.165) is 5.69 Å². The van der Waals surface area contributed by atoms with E-state index in [2.05, 4.69) is 9.97 Å². The van der Waals surface area contributed by atoms with Gasteiger partial charge in [-0.3, -0.25) is 0 Å². The SMILES string of the molecule is CC(C)c1cnc(C#N)c(N)n1. The zero-order valence-corrected chi connectivity index (χ0v) is 7.07. The van der Waals surface area contributed by atoms with Crippen LogP contribution in [0.2, 0.25) is 0 Å². The largest absolute Gasteiger partial charge is 0.381 e. The minimum absolute atomic E-state index is 0.194. The molecule has 1 aromatic heterocycles. The minimum atomic E-state index is 0.194. The van der Waals surface area contributed by atoms with Crippen molar-refractivity contribution in [3.63, 3.8) is 0 Å². The Morgan fingerprint density at radius 2 is 2.25 bits per heavy atom. The molecule has 0 unspecified atom stereocenters. The maximum Gasteiger partial charge on any atom is 0.182 e. The monoisotopic (exact) mass is 162 g/mol. The van der Waals surface area contributed by atoms with Crippen molar-refractivity contribution in [3.8, 4) is 6.07 Å². The quantitative estimate of drug-likeness (QED) is 0.669. The summed E-state index contributed by atoms with van der Waals surface area (Å²) in [6.07, 6.45) is 1.58. The Hall–Kier alpha value is -1.63. The molecule has 0 aliphatic carbocycles. The molecule has 0 amide bonds. The lowest BCUT2D eigenvalue weighted by molar-refractivity contribution is 0.813. The summed E-state index contributed by atoms with van der Waals surface area (Å²) in [5, 5.41) is 8.52. The highest BCUT2D eigenvalue weighted by molar-refractivity contribution is 5.43. The van der Waals surface area contributed by atoms with Crippen molar-refractivity contribution in [2.45, 2.75) is 19.8 Å². The third kappa shape index (κ3) is 1.51. The number of nitrogens with zero attached hydrogens (tertiary/aromatic N) is 3. The molecule has 0 saturated carbocycles. The van der Waals surface area contributed by atoms with Gasteiger partial charge in [0.25, 0.3) is 0 Å². The number of aromatic nitrogens is 2. The Morgan fingerprint density at radius 1 is 1.58 bits per heavy atom. The van der Waals surface area contributed by atoms with E-state index in [-0.39, 0.29) is 17.4 Å². The lowest BCUT2D eigenvalue weighted by atomic mass is 10.1.